The van der Waals surface area contributed by atoms with Crippen LogP contribution in [0, 0.1) is 11.6 Å². The van der Waals surface area contributed by atoms with Gasteiger partial charge in [0.2, 0.25) is 5.91 Å². The van der Waals surface area contributed by atoms with Gasteiger partial charge in [-0.25, -0.2) is 8.78 Å². The SMILES string of the molecule is CCCC[C@@H](O)C(=O)NCc1ccc(C(N)=O)c(F)c1F. The van der Waals surface area contributed by atoms with Crippen LogP contribution in [-0.2, 0) is 11.3 Å². The van der Waals surface area contributed by atoms with Crippen LogP contribution in [0.2, 0.25) is 0 Å². The molecule has 0 aliphatic heterocycles. The highest BCUT2D eigenvalue weighted by Gasteiger charge is 2.18. The summed E-state index contributed by atoms with van der Waals surface area (Å²) < 4.78 is 27.2. The van der Waals surface area contributed by atoms with Crippen molar-refractivity contribution in [3.05, 3.63) is 34.9 Å². The van der Waals surface area contributed by atoms with Gasteiger partial charge in [0, 0.05) is 12.1 Å². The molecule has 0 saturated carbocycles. The van der Waals surface area contributed by atoms with E-state index in [9.17, 15) is 23.5 Å². The summed E-state index contributed by atoms with van der Waals surface area (Å²) in [5.74, 6) is -4.31. The number of nitrogens with two attached hydrogens (primary N) is 1. The van der Waals surface area contributed by atoms with E-state index < -0.39 is 35.1 Å². The molecule has 4 N–H and O–H groups in total. The molecule has 5 nitrogen and oxygen atoms in total. The van der Waals surface area contributed by atoms with Crippen LogP contribution in [-0.4, -0.2) is 23.0 Å². The maximum Gasteiger partial charge on any atom is 0.251 e. The molecule has 116 valence electrons. The molecule has 1 aromatic rings. The number of aliphatic hydroxyl groups is 1. The van der Waals surface area contributed by atoms with Gasteiger partial charge in [0.15, 0.2) is 11.6 Å². The first-order chi connectivity index (χ1) is 9.88. The number of primary amides is 1. The van der Waals surface area contributed by atoms with E-state index in [2.05, 4.69) is 5.32 Å². The van der Waals surface area contributed by atoms with E-state index >= 15 is 0 Å². The van der Waals surface area contributed by atoms with E-state index in [-0.39, 0.29) is 12.1 Å². The molecule has 1 rings (SSSR count). The number of aliphatic hydroxyl groups excluding tert-OH is 1. The maximum absolute atomic E-state index is 13.7. The van der Waals surface area contributed by atoms with Gasteiger partial charge in [-0.1, -0.05) is 25.8 Å². The van der Waals surface area contributed by atoms with Crippen LogP contribution in [0.1, 0.15) is 42.1 Å². The second-order valence-corrected chi connectivity index (χ2v) is 4.64. The second kappa shape index (κ2) is 7.68. The predicted molar refractivity (Wildman–Crippen MR) is 72.3 cm³/mol. The van der Waals surface area contributed by atoms with Crippen molar-refractivity contribution in [1.29, 1.82) is 0 Å². The molecule has 1 atom stereocenters. The second-order valence-electron chi connectivity index (χ2n) is 4.64. The fourth-order valence-corrected chi connectivity index (χ4v) is 1.74. The van der Waals surface area contributed by atoms with Crippen LogP contribution in [0.25, 0.3) is 0 Å². The van der Waals surface area contributed by atoms with Gasteiger partial charge in [-0.15, -0.1) is 0 Å². The van der Waals surface area contributed by atoms with Crippen LogP contribution >= 0.6 is 0 Å². The van der Waals surface area contributed by atoms with E-state index in [1.54, 1.807) is 0 Å². The number of hydrogen-bond acceptors (Lipinski definition) is 3. The van der Waals surface area contributed by atoms with Crippen LogP contribution in [0.15, 0.2) is 12.1 Å². The number of halogens is 2. The first kappa shape index (κ1) is 17.0. The number of benzene rings is 1. The number of carbonyl (C=O) groups is 2. The first-order valence-electron chi connectivity index (χ1n) is 6.60. The molecule has 0 aliphatic carbocycles. The van der Waals surface area contributed by atoms with Gasteiger partial charge in [-0.3, -0.25) is 9.59 Å². The number of carbonyl (C=O) groups excluding carboxylic acids is 2. The zero-order valence-corrected chi connectivity index (χ0v) is 11.7. The lowest BCUT2D eigenvalue weighted by atomic mass is 10.1. The van der Waals surface area contributed by atoms with Gasteiger partial charge in [0.25, 0.3) is 5.91 Å². The zero-order chi connectivity index (χ0) is 16.0. The highest BCUT2D eigenvalue weighted by Crippen LogP contribution is 2.16. The molecule has 0 heterocycles. The number of nitrogens with one attached hydrogen (secondary N) is 1. The molecule has 1 aromatic carbocycles. The van der Waals surface area contributed by atoms with Crippen molar-refractivity contribution in [3.63, 3.8) is 0 Å². The lowest BCUT2D eigenvalue weighted by Crippen LogP contribution is -2.34. The van der Waals surface area contributed by atoms with Gasteiger partial charge in [-0.2, -0.15) is 0 Å². The molecule has 21 heavy (non-hydrogen) atoms. The average Bonchev–Trinajstić information content (AvgIpc) is 2.45. The molecule has 0 spiro atoms. The van der Waals surface area contributed by atoms with Crippen molar-refractivity contribution in [3.8, 4) is 0 Å². The number of unbranched alkanes of at least 4 members (excludes halogenated alkanes) is 1. The quantitative estimate of drug-likeness (QED) is 0.707. The summed E-state index contributed by atoms with van der Waals surface area (Å²) in [5, 5.41) is 11.8. The topological polar surface area (TPSA) is 92.4 Å². The van der Waals surface area contributed by atoms with Gasteiger partial charge in [-0.05, 0) is 12.5 Å². The summed E-state index contributed by atoms with van der Waals surface area (Å²) in [6, 6.07) is 2.22. The molecule has 0 aromatic heterocycles. The lowest BCUT2D eigenvalue weighted by molar-refractivity contribution is -0.129. The Morgan fingerprint density at radius 2 is 2.00 bits per heavy atom. The molecule has 0 fully saturated rings. The Balaban J connectivity index is 2.70. The fourth-order valence-electron chi connectivity index (χ4n) is 1.74. The molecule has 0 unspecified atom stereocenters. The smallest absolute Gasteiger partial charge is 0.251 e. The molecule has 7 heteroatoms. The van der Waals surface area contributed by atoms with Crippen molar-refractivity contribution in [2.75, 3.05) is 0 Å². The maximum atomic E-state index is 13.7. The average molecular weight is 300 g/mol. The van der Waals surface area contributed by atoms with E-state index in [4.69, 9.17) is 5.73 Å². The summed E-state index contributed by atoms with van der Waals surface area (Å²) >= 11 is 0. The van der Waals surface area contributed by atoms with Gasteiger partial charge in [0.1, 0.15) is 6.10 Å². The molecular formula is C14H18F2N2O3. The van der Waals surface area contributed by atoms with Crippen LogP contribution in [0.3, 0.4) is 0 Å². The molecule has 0 aliphatic rings. The third kappa shape index (κ3) is 4.49. The summed E-state index contributed by atoms with van der Waals surface area (Å²) in [6.45, 7) is 1.63. The Bertz CT molecular complexity index is 535. The standard InChI is InChI=1S/C14H18F2N2O3/c1-2-3-4-10(19)14(21)18-7-8-5-6-9(13(17)20)12(16)11(8)15/h5-6,10,19H,2-4,7H2,1H3,(H2,17,20)(H,18,21)/t10-/m1/s1. The Morgan fingerprint density at radius 1 is 1.33 bits per heavy atom. The van der Waals surface area contributed by atoms with Crippen molar-refractivity contribution >= 4 is 11.8 Å². The van der Waals surface area contributed by atoms with Crippen LogP contribution in [0.4, 0.5) is 8.78 Å². The van der Waals surface area contributed by atoms with Crippen molar-refractivity contribution in [2.45, 2.75) is 38.8 Å². The third-order valence-corrected chi connectivity index (χ3v) is 3.01. The summed E-state index contributed by atoms with van der Waals surface area (Å²) in [6.07, 6.45) is 0.645. The van der Waals surface area contributed by atoms with Crippen LogP contribution < -0.4 is 11.1 Å². The highest BCUT2D eigenvalue weighted by molar-refractivity contribution is 5.93. The number of amides is 2. The predicted octanol–water partition coefficient (Wildman–Crippen LogP) is 1.23. The minimum absolute atomic E-state index is 0.131. The summed E-state index contributed by atoms with van der Waals surface area (Å²) in [4.78, 5) is 22.4. The van der Waals surface area contributed by atoms with E-state index in [1.807, 2.05) is 6.92 Å². The Labute approximate surface area is 121 Å². The Kier molecular flexibility index (Phi) is 6.23. The minimum Gasteiger partial charge on any atom is -0.383 e. The number of rotatable bonds is 7. The zero-order valence-electron chi connectivity index (χ0n) is 11.7. The monoisotopic (exact) mass is 300 g/mol. The van der Waals surface area contributed by atoms with E-state index in [0.29, 0.717) is 12.8 Å². The third-order valence-electron chi connectivity index (χ3n) is 3.01. The van der Waals surface area contributed by atoms with Gasteiger partial charge >= 0.3 is 0 Å². The Morgan fingerprint density at radius 3 is 2.57 bits per heavy atom. The van der Waals surface area contributed by atoms with Crippen molar-refractivity contribution in [2.24, 2.45) is 5.73 Å². The molecule has 0 saturated heterocycles. The van der Waals surface area contributed by atoms with Crippen molar-refractivity contribution in [1.82, 2.24) is 5.32 Å². The van der Waals surface area contributed by atoms with Crippen LogP contribution in [0.5, 0.6) is 0 Å². The van der Waals surface area contributed by atoms with Gasteiger partial charge < -0.3 is 16.2 Å². The molecule has 0 bridgehead atoms. The molecular weight excluding hydrogens is 282 g/mol. The highest BCUT2D eigenvalue weighted by atomic mass is 19.2. The van der Waals surface area contributed by atoms with E-state index in [1.165, 1.54) is 0 Å². The fraction of sp³-hybridized carbons (Fsp3) is 0.429. The molecule has 2 amide bonds. The summed E-state index contributed by atoms with van der Waals surface area (Å²) in [5.41, 5.74) is 4.21. The Hall–Kier alpha value is -2.02. The van der Waals surface area contributed by atoms with Crippen molar-refractivity contribution < 1.29 is 23.5 Å². The number of hydrogen-bond donors (Lipinski definition) is 3. The van der Waals surface area contributed by atoms with Gasteiger partial charge in [0.05, 0.1) is 5.56 Å². The molecule has 0 radical (unpaired) electrons. The first-order valence-corrected chi connectivity index (χ1v) is 6.60. The largest absolute Gasteiger partial charge is 0.383 e. The lowest BCUT2D eigenvalue weighted by Gasteiger charge is -2.12. The minimum atomic E-state index is -1.35. The normalized spacial score (nSPS) is 12.0. The summed E-state index contributed by atoms with van der Waals surface area (Å²) in [7, 11) is 0. The van der Waals surface area contributed by atoms with E-state index in [0.717, 1.165) is 18.6 Å².